The van der Waals surface area contributed by atoms with Crippen LogP contribution in [-0.2, 0) is 0 Å². The van der Waals surface area contributed by atoms with Crippen molar-refractivity contribution in [2.24, 2.45) is 0 Å². The van der Waals surface area contributed by atoms with Gasteiger partial charge in [-0.25, -0.2) is 0 Å². The number of hydrogen-bond donors (Lipinski definition) is 0. The van der Waals surface area contributed by atoms with E-state index >= 15 is 0 Å². The van der Waals surface area contributed by atoms with Crippen LogP contribution >= 0.6 is 0 Å². The van der Waals surface area contributed by atoms with Gasteiger partial charge in [0, 0.05) is 0 Å². The zero-order valence-electron chi connectivity index (χ0n) is 17.4. The highest BCUT2D eigenvalue weighted by atomic mass is 14.1. The van der Waals surface area contributed by atoms with Crippen LogP contribution in [0.4, 0.5) is 0 Å². The van der Waals surface area contributed by atoms with E-state index in [1.807, 2.05) is 0 Å². The molecule has 0 aliphatic carbocycles. The zero-order chi connectivity index (χ0) is 20.5. The van der Waals surface area contributed by atoms with E-state index in [2.05, 4.69) is 123 Å². The fourth-order valence-corrected chi connectivity index (χ4v) is 4.32. The summed E-state index contributed by atoms with van der Waals surface area (Å²) in [5, 5.41) is 7.74. The van der Waals surface area contributed by atoms with E-state index in [-0.39, 0.29) is 0 Å². The van der Waals surface area contributed by atoms with E-state index in [0.717, 1.165) is 0 Å². The third-order valence-corrected chi connectivity index (χ3v) is 5.99. The molecule has 30 heavy (non-hydrogen) atoms. The van der Waals surface area contributed by atoms with Crippen LogP contribution in [-0.4, -0.2) is 0 Å². The Labute approximate surface area is 177 Å². The van der Waals surface area contributed by atoms with Crippen LogP contribution in [0.2, 0.25) is 0 Å². The topological polar surface area (TPSA) is 0 Å². The third kappa shape index (κ3) is 3.21. The first-order valence-electron chi connectivity index (χ1n) is 10.5. The second-order valence-electron chi connectivity index (χ2n) is 7.92. The molecule has 0 amide bonds. The number of aryl methyl sites for hydroxylation is 2. The first-order chi connectivity index (χ1) is 14.7. The van der Waals surface area contributed by atoms with Crippen molar-refractivity contribution in [1.82, 2.24) is 0 Å². The average molecular weight is 385 g/mol. The molecule has 0 saturated carbocycles. The van der Waals surface area contributed by atoms with Crippen molar-refractivity contribution >= 4 is 33.7 Å². The molecule has 0 bridgehead atoms. The Bertz CT molecular complexity index is 1320. The summed E-state index contributed by atoms with van der Waals surface area (Å²) < 4.78 is 0. The third-order valence-electron chi connectivity index (χ3n) is 5.99. The van der Waals surface area contributed by atoms with E-state index in [0.29, 0.717) is 0 Å². The Morgan fingerprint density at radius 1 is 0.400 bits per heavy atom. The smallest absolute Gasteiger partial charge is 0.00929 e. The lowest BCUT2D eigenvalue weighted by atomic mass is 9.94. The molecule has 5 rings (SSSR count). The average Bonchev–Trinajstić information content (AvgIpc) is 2.78. The Morgan fingerprint density at radius 3 is 1.03 bits per heavy atom. The summed E-state index contributed by atoms with van der Waals surface area (Å²) in [4.78, 5) is 0. The van der Waals surface area contributed by atoms with E-state index < -0.39 is 0 Å². The Morgan fingerprint density at radius 2 is 0.700 bits per heavy atom. The summed E-state index contributed by atoms with van der Waals surface area (Å²) >= 11 is 0. The molecule has 0 fully saturated rings. The monoisotopic (exact) mass is 384 g/mol. The number of benzene rings is 5. The molecule has 0 heterocycles. The Kier molecular flexibility index (Phi) is 4.69. The maximum atomic E-state index is 2.34. The summed E-state index contributed by atoms with van der Waals surface area (Å²) in [6, 6.07) is 34.8. The largest absolute Gasteiger partial charge is 0.0620 e. The standard InChI is InChI=1S/C30H24/c1-21-11-3-5-13-23(21)19-29-25-15-7-9-17-27(25)30(28-18-10-8-16-26(28)29)20-24-14-6-4-12-22(24)2/h3-20H,1-2H3. The number of fused-ring (bicyclic) bond motifs is 2. The maximum absolute atomic E-state index is 2.34. The van der Waals surface area contributed by atoms with Crippen LogP contribution in [0.1, 0.15) is 22.3 Å². The lowest BCUT2D eigenvalue weighted by molar-refractivity contribution is 1.44. The molecule has 0 aliphatic rings. The van der Waals surface area contributed by atoms with Gasteiger partial charge in [0.2, 0.25) is 0 Å². The molecule has 0 aliphatic heterocycles. The fraction of sp³-hybridized carbons (Fsp3) is 0.0667. The van der Waals surface area contributed by atoms with E-state index in [1.54, 1.807) is 0 Å². The fourth-order valence-electron chi connectivity index (χ4n) is 4.32. The SMILES string of the molecule is Cc1ccccc1C=c1c2ccccc2c(=Cc2ccccc2C)c2ccccc12. The highest BCUT2D eigenvalue weighted by Crippen LogP contribution is 2.17. The van der Waals surface area contributed by atoms with Crippen LogP contribution in [0.15, 0.2) is 97.1 Å². The molecule has 0 saturated heterocycles. The van der Waals surface area contributed by atoms with Gasteiger partial charge in [0.1, 0.15) is 0 Å². The first-order valence-corrected chi connectivity index (χ1v) is 10.5. The van der Waals surface area contributed by atoms with Crippen LogP contribution in [0, 0.1) is 13.8 Å². The predicted molar refractivity (Wildman–Crippen MR) is 130 cm³/mol. The van der Waals surface area contributed by atoms with Gasteiger partial charge in [-0.15, -0.1) is 0 Å². The minimum atomic E-state index is 1.27. The second kappa shape index (κ2) is 7.65. The van der Waals surface area contributed by atoms with Gasteiger partial charge in [-0.2, -0.15) is 0 Å². The molecule has 0 aromatic heterocycles. The van der Waals surface area contributed by atoms with Crippen molar-refractivity contribution in [3.63, 3.8) is 0 Å². The van der Waals surface area contributed by atoms with Gasteiger partial charge in [0.15, 0.2) is 0 Å². The minimum Gasteiger partial charge on any atom is -0.0620 e. The Hall–Kier alpha value is -3.64. The van der Waals surface area contributed by atoms with Gasteiger partial charge in [0.25, 0.3) is 0 Å². The van der Waals surface area contributed by atoms with Crippen molar-refractivity contribution in [3.05, 3.63) is 130 Å². The van der Waals surface area contributed by atoms with Crippen molar-refractivity contribution in [2.45, 2.75) is 13.8 Å². The number of hydrogen-bond acceptors (Lipinski definition) is 0. The second-order valence-corrected chi connectivity index (χ2v) is 7.92. The molecule has 0 heteroatoms. The summed E-state index contributed by atoms with van der Waals surface area (Å²) in [7, 11) is 0. The molecule has 0 nitrogen and oxygen atoms in total. The highest BCUT2D eigenvalue weighted by Gasteiger charge is 2.06. The van der Waals surface area contributed by atoms with Crippen molar-refractivity contribution in [1.29, 1.82) is 0 Å². The van der Waals surface area contributed by atoms with Crippen molar-refractivity contribution < 1.29 is 0 Å². The normalized spacial score (nSPS) is 11.0. The molecule has 5 aromatic carbocycles. The molecule has 0 radical (unpaired) electrons. The first kappa shape index (κ1) is 18.4. The quantitative estimate of drug-likeness (QED) is 0.315. The summed E-state index contributed by atoms with van der Waals surface area (Å²) in [5.41, 5.74) is 5.12. The molecule has 144 valence electrons. The van der Waals surface area contributed by atoms with Gasteiger partial charge in [-0.3, -0.25) is 0 Å². The van der Waals surface area contributed by atoms with E-state index in [4.69, 9.17) is 0 Å². The summed E-state index contributed by atoms with van der Waals surface area (Å²) in [6.45, 7) is 4.35. The molecule has 0 spiro atoms. The van der Waals surface area contributed by atoms with Crippen molar-refractivity contribution in [2.75, 3.05) is 0 Å². The van der Waals surface area contributed by atoms with Gasteiger partial charge in [-0.1, -0.05) is 97.1 Å². The van der Waals surface area contributed by atoms with Gasteiger partial charge < -0.3 is 0 Å². The maximum Gasteiger partial charge on any atom is -0.00929 e. The highest BCUT2D eigenvalue weighted by molar-refractivity contribution is 6.01. The van der Waals surface area contributed by atoms with Crippen LogP contribution in [0.5, 0.6) is 0 Å². The minimum absolute atomic E-state index is 1.27. The number of rotatable bonds is 2. The lowest BCUT2D eigenvalue weighted by Crippen LogP contribution is -2.15. The van der Waals surface area contributed by atoms with Gasteiger partial charge >= 0.3 is 0 Å². The van der Waals surface area contributed by atoms with Crippen LogP contribution in [0.25, 0.3) is 33.7 Å². The Balaban J connectivity index is 1.99. The zero-order valence-corrected chi connectivity index (χ0v) is 17.4. The van der Waals surface area contributed by atoms with E-state index in [9.17, 15) is 0 Å². The molecule has 0 unspecified atom stereocenters. The van der Waals surface area contributed by atoms with Crippen LogP contribution in [0.3, 0.4) is 0 Å². The van der Waals surface area contributed by atoms with Crippen LogP contribution < -0.4 is 10.4 Å². The van der Waals surface area contributed by atoms with Crippen molar-refractivity contribution in [3.8, 4) is 0 Å². The van der Waals surface area contributed by atoms with Gasteiger partial charge in [-0.05, 0) is 80.2 Å². The predicted octanol–water partition coefficient (Wildman–Crippen LogP) is 6.27. The lowest BCUT2D eigenvalue weighted by Gasteiger charge is -2.09. The molecular weight excluding hydrogens is 360 g/mol. The van der Waals surface area contributed by atoms with E-state index in [1.165, 1.54) is 54.2 Å². The molecule has 0 N–H and O–H groups in total. The molecular formula is C30H24. The molecule has 5 aromatic rings. The van der Waals surface area contributed by atoms with Gasteiger partial charge in [0.05, 0.1) is 0 Å². The summed E-state index contributed by atoms with van der Waals surface area (Å²) in [5.74, 6) is 0. The summed E-state index contributed by atoms with van der Waals surface area (Å²) in [6.07, 6.45) is 4.69. The molecule has 0 atom stereocenters.